The Morgan fingerprint density at radius 3 is 2.33 bits per heavy atom. The van der Waals surface area contributed by atoms with Crippen LogP contribution in [0.2, 0.25) is 0 Å². The summed E-state index contributed by atoms with van der Waals surface area (Å²) >= 11 is 0. The summed E-state index contributed by atoms with van der Waals surface area (Å²) in [6.45, 7) is 0. The van der Waals surface area contributed by atoms with E-state index < -0.39 is 0 Å². The molecule has 92 valence electrons. The zero-order valence-corrected chi connectivity index (χ0v) is 10.1. The van der Waals surface area contributed by atoms with E-state index in [0.717, 1.165) is 23.4 Å². The molecule has 1 amide bonds. The van der Waals surface area contributed by atoms with Crippen LogP contribution in [-0.2, 0) is 11.2 Å². The van der Waals surface area contributed by atoms with Crippen molar-refractivity contribution in [3.8, 4) is 0 Å². The van der Waals surface area contributed by atoms with E-state index in [2.05, 4.69) is 5.32 Å². The van der Waals surface area contributed by atoms with Crippen molar-refractivity contribution < 1.29 is 4.79 Å². The fourth-order valence-corrected chi connectivity index (χ4v) is 1.69. The molecule has 0 radical (unpaired) electrons. The smallest absolute Gasteiger partial charge is 0.224 e. The van der Waals surface area contributed by atoms with Gasteiger partial charge in [-0.3, -0.25) is 4.79 Å². The number of nitrogens with one attached hydrogen (secondary N) is 1. The number of anilines is 2. The van der Waals surface area contributed by atoms with Crippen molar-refractivity contribution in [1.29, 1.82) is 0 Å². The number of para-hydroxylation sites is 1. The Balaban J connectivity index is 1.83. The van der Waals surface area contributed by atoms with E-state index in [1.165, 1.54) is 0 Å². The molecule has 0 bridgehead atoms. The van der Waals surface area contributed by atoms with Crippen LogP contribution in [0.3, 0.4) is 0 Å². The Hall–Kier alpha value is -2.29. The lowest BCUT2D eigenvalue weighted by molar-refractivity contribution is -0.116. The maximum absolute atomic E-state index is 11.7. The summed E-state index contributed by atoms with van der Waals surface area (Å²) in [4.78, 5) is 11.7. The first-order valence-corrected chi connectivity index (χ1v) is 5.93. The lowest BCUT2D eigenvalue weighted by atomic mass is 10.1. The van der Waals surface area contributed by atoms with Gasteiger partial charge in [-0.25, -0.2) is 0 Å². The Morgan fingerprint density at radius 2 is 1.67 bits per heavy atom. The van der Waals surface area contributed by atoms with Crippen LogP contribution in [0.1, 0.15) is 12.0 Å². The summed E-state index contributed by atoms with van der Waals surface area (Å²) in [5.41, 5.74) is 8.30. The average Bonchev–Trinajstić information content (AvgIpc) is 2.39. The lowest BCUT2D eigenvalue weighted by Crippen LogP contribution is -2.12. The number of amides is 1. The standard InChI is InChI=1S/C15H16N2O/c16-13-9-6-12(7-10-13)8-11-15(18)17-14-4-2-1-3-5-14/h1-7,9-10H,8,11,16H2,(H,17,18). The fourth-order valence-electron chi connectivity index (χ4n) is 1.69. The van der Waals surface area contributed by atoms with Crippen LogP contribution in [0.5, 0.6) is 0 Å². The van der Waals surface area contributed by atoms with Gasteiger partial charge in [0.05, 0.1) is 0 Å². The van der Waals surface area contributed by atoms with Crippen LogP contribution in [0.4, 0.5) is 11.4 Å². The number of nitrogens with two attached hydrogens (primary N) is 1. The molecule has 0 unspecified atom stereocenters. The van der Waals surface area contributed by atoms with Crippen LogP contribution in [0.15, 0.2) is 54.6 Å². The summed E-state index contributed by atoms with van der Waals surface area (Å²) in [5, 5.41) is 2.86. The van der Waals surface area contributed by atoms with E-state index in [9.17, 15) is 4.79 Å². The van der Waals surface area contributed by atoms with Gasteiger partial charge in [-0.1, -0.05) is 30.3 Å². The summed E-state index contributed by atoms with van der Waals surface area (Å²) in [5.74, 6) is 0.0259. The molecule has 2 aromatic carbocycles. The van der Waals surface area contributed by atoms with Crippen molar-refractivity contribution in [2.24, 2.45) is 0 Å². The monoisotopic (exact) mass is 240 g/mol. The van der Waals surface area contributed by atoms with Crippen molar-refractivity contribution in [2.75, 3.05) is 11.1 Å². The van der Waals surface area contributed by atoms with Gasteiger partial charge in [0, 0.05) is 17.8 Å². The van der Waals surface area contributed by atoms with Crippen molar-refractivity contribution in [1.82, 2.24) is 0 Å². The highest BCUT2D eigenvalue weighted by Gasteiger charge is 2.02. The first-order chi connectivity index (χ1) is 8.74. The molecule has 3 nitrogen and oxygen atoms in total. The highest BCUT2D eigenvalue weighted by atomic mass is 16.1. The quantitative estimate of drug-likeness (QED) is 0.807. The second-order valence-corrected chi connectivity index (χ2v) is 4.16. The number of benzene rings is 2. The lowest BCUT2D eigenvalue weighted by Gasteiger charge is -2.05. The molecule has 2 aromatic rings. The van der Waals surface area contributed by atoms with E-state index in [1.54, 1.807) is 0 Å². The number of rotatable bonds is 4. The first kappa shape index (κ1) is 12.2. The van der Waals surface area contributed by atoms with Gasteiger partial charge in [-0.2, -0.15) is 0 Å². The normalized spacial score (nSPS) is 10.0. The van der Waals surface area contributed by atoms with Gasteiger partial charge < -0.3 is 11.1 Å². The molecule has 3 N–H and O–H groups in total. The number of carbonyl (C=O) groups excluding carboxylic acids is 1. The average molecular weight is 240 g/mol. The third-order valence-corrected chi connectivity index (χ3v) is 2.68. The van der Waals surface area contributed by atoms with Crippen LogP contribution in [-0.4, -0.2) is 5.91 Å². The van der Waals surface area contributed by atoms with Gasteiger partial charge in [0.2, 0.25) is 5.91 Å². The van der Waals surface area contributed by atoms with Gasteiger partial charge in [-0.05, 0) is 36.2 Å². The Bertz CT molecular complexity index is 506. The van der Waals surface area contributed by atoms with Crippen LogP contribution >= 0.6 is 0 Å². The van der Waals surface area contributed by atoms with Crippen molar-refractivity contribution in [2.45, 2.75) is 12.8 Å². The van der Waals surface area contributed by atoms with E-state index in [4.69, 9.17) is 5.73 Å². The Morgan fingerprint density at radius 1 is 1.00 bits per heavy atom. The molecule has 0 atom stereocenters. The topological polar surface area (TPSA) is 55.1 Å². The number of nitrogen functional groups attached to an aromatic ring is 1. The molecule has 0 aliphatic heterocycles. The number of hydrogen-bond acceptors (Lipinski definition) is 2. The summed E-state index contributed by atoms with van der Waals surface area (Å²) < 4.78 is 0. The van der Waals surface area contributed by atoms with Crippen LogP contribution in [0.25, 0.3) is 0 Å². The predicted octanol–water partition coefficient (Wildman–Crippen LogP) is 2.84. The third-order valence-electron chi connectivity index (χ3n) is 2.68. The minimum Gasteiger partial charge on any atom is -0.399 e. The largest absolute Gasteiger partial charge is 0.399 e. The molecule has 0 saturated carbocycles. The minimum atomic E-state index is 0.0259. The van der Waals surface area contributed by atoms with Gasteiger partial charge in [0.15, 0.2) is 0 Å². The molecular weight excluding hydrogens is 224 g/mol. The Labute approximate surface area is 107 Å². The zero-order valence-electron chi connectivity index (χ0n) is 10.1. The number of carbonyl (C=O) groups is 1. The summed E-state index contributed by atoms with van der Waals surface area (Å²) in [6.07, 6.45) is 1.19. The highest BCUT2D eigenvalue weighted by Crippen LogP contribution is 2.09. The van der Waals surface area contributed by atoms with E-state index in [-0.39, 0.29) is 5.91 Å². The van der Waals surface area contributed by atoms with Crippen molar-refractivity contribution >= 4 is 17.3 Å². The van der Waals surface area contributed by atoms with E-state index in [1.807, 2.05) is 54.6 Å². The van der Waals surface area contributed by atoms with Crippen molar-refractivity contribution in [3.05, 3.63) is 60.2 Å². The molecule has 0 saturated heterocycles. The SMILES string of the molecule is Nc1ccc(CCC(=O)Nc2ccccc2)cc1. The maximum Gasteiger partial charge on any atom is 0.224 e. The fraction of sp³-hybridized carbons (Fsp3) is 0.133. The number of hydrogen-bond donors (Lipinski definition) is 2. The van der Waals surface area contributed by atoms with E-state index in [0.29, 0.717) is 6.42 Å². The summed E-state index contributed by atoms with van der Waals surface area (Å²) in [7, 11) is 0. The molecule has 0 aliphatic carbocycles. The molecule has 18 heavy (non-hydrogen) atoms. The predicted molar refractivity (Wildman–Crippen MR) is 74.2 cm³/mol. The van der Waals surface area contributed by atoms with Crippen LogP contribution in [0, 0.1) is 0 Å². The molecule has 2 rings (SSSR count). The zero-order chi connectivity index (χ0) is 12.8. The molecule has 0 spiro atoms. The molecule has 0 fully saturated rings. The van der Waals surface area contributed by atoms with Gasteiger partial charge in [0.25, 0.3) is 0 Å². The maximum atomic E-state index is 11.7. The van der Waals surface area contributed by atoms with E-state index >= 15 is 0 Å². The molecule has 0 aliphatic rings. The first-order valence-electron chi connectivity index (χ1n) is 5.93. The van der Waals surface area contributed by atoms with Gasteiger partial charge in [-0.15, -0.1) is 0 Å². The Kier molecular flexibility index (Phi) is 3.97. The second-order valence-electron chi connectivity index (χ2n) is 4.16. The second kappa shape index (κ2) is 5.87. The number of aryl methyl sites for hydroxylation is 1. The van der Waals surface area contributed by atoms with Gasteiger partial charge >= 0.3 is 0 Å². The summed E-state index contributed by atoms with van der Waals surface area (Å²) in [6, 6.07) is 17.1. The third kappa shape index (κ3) is 3.63. The highest BCUT2D eigenvalue weighted by molar-refractivity contribution is 5.90. The van der Waals surface area contributed by atoms with Crippen molar-refractivity contribution in [3.63, 3.8) is 0 Å². The molecular formula is C15H16N2O. The molecule has 0 aromatic heterocycles. The molecule has 0 heterocycles. The van der Waals surface area contributed by atoms with Gasteiger partial charge in [0.1, 0.15) is 0 Å². The molecule has 3 heteroatoms. The van der Waals surface area contributed by atoms with Crippen LogP contribution < -0.4 is 11.1 Å². The minimum absolute atomic E-state index is 0.0259.